The highest BCUT2D eigenvalue weighted by Gasteiger charge is 2.41. The van der Waals surface area contributed by atoms with Crippen molar-refractivity contribution in [2.45, 2.75) is 9.83 Å². The van der Waals surface area contributed by atoms with Gasteiger partial charge < -0.3 is 9.84 Å². The molecule has 3 rings (SSSR count). The standard InChI is InChI=1S/C16H13FO2S/c1-11-14-9-12(17)7-8-15(14)20-16(11,18)10-19-13-5-3-2-4-6-13/h2-9,18H,1,10H2. The molecule has 0 amide bonds. The first-order chi connectivity index (χ1) is 9.58. The molecule has 0 aliphatic carbocycles. The molecule has 2 nitrogen and oxygen atoms in total. The lowest BCUT2D eigenvalue weighted by molar-refractivity contribution is 0.126. The van der Waals surface area contributed by atoms with E-state index in [-0.39, 0.29) is 12.4 Å². The van der Waals surface area contributed by atoms with Crippen LogP contribution in [0.25, 0.3) is 5.57 Å². The third-order valence-corrected chi connectivity index (χ3v) is 4.47. The third-order valence-electron chi connectivity index (χ3n) is 3.19. The summed E-state index contributed by atoms with van der Waals surface area (Å²) in [6, 6.07) is 13.7. The molecule has 0 aromatic heterocycles. The van der Waals surface area contributed by atoms with Gasteiger partial charge in [0.15, 0.2) is 4.93 Å². The summed E-state index contributed by atoms with van der Waals surface area (Å²) in [5.41, 5.74) is 1.13. The Labute approximate surface area is 120 Å². The molecule has 102 valence electrons. The Morgan fingerprint density at radius 2 is 1.95 bits per heavy atom. The second-order valence-corrected chi connectivity index (χ2v) is 5.93. The Morgan fingerprint density at radius 1 is 1.20 bits per heavy atom. The summed E-state index contributed by atoms with van der Waals surface area (Å²) >= 11 is 1.24. The van der Waals surface area contributed by atoms with Gasteiger partial charge in [0, 0.05) is 4.90 Å². The molecule has 1 unspecified atom stereocenters. The Kier molecular flexibility index (Phi) is 3.28. The van der Waals surface area contributed by atoms with Gasteiger partial charge in [0.1, 0.15) is 18.2 Å². The van der Waals surface area contributed by atoms with Crippen molar-refractivity contribution in [3.05, 3.63) is 66.5 Å². The lowest BCUT2D eigenvalue weighted by Crippen LogP contribution is -2.30. The van der Waals surface area contributed by atoms with Gasteiger partial charge in [0.05, 0.1) is 0 Å². The van der Waals surface area contributed by atoms with Crippen molar-refractivity contribution >= 4 is 17.3 Å². The fraction of sp³-hybridized carbons (Fsp3) is 0.125. The van der Waals surface area contributed by atoms with Crippen molar-refractivity contribution in [2.24, 2.45) is 0 Å². The van der Waals surface area contributed by atoms with Crippen LogP contribution in [0.3, 0.4) is 0 Å². The molecular weight excluding hydrogens is 275 g/mol. The van der Waals surface area contributed by atoms with Gasteiger partial charge >= 0.3 is 0 Å². The molecule has 0 saturated carbocycles. The van der Waals surface area contributed by atoms with E-state index in [1.54, 1.807) is 6.07 Å². The molecule has 0 saturated heterocycles. The van der Waals surface area contributed by atoms with E-state index in [9.17, 15) is 9.50 Å². The first kappa shape index (κ1) is 13.2. The number of rotatable bonds is 3. The fourth-order valence-electron chi connectivity index (χ4n) is 2.10. The van der Waals surface area contributed by atoms with E-state index < -0.39 is 4.93 Å². The minimum atomic E-state index is -1.26. The topological polar surface area (TPSA) is 29.5 Å². The Morgan fingerprint density at radius 3 is 2.70 bits per heavy atom. The molecule has 1 heterocycles. The maximum Gasteiger partial charge on any atom is 0.174 e. The highest BCUT2D eigenvalue weighted by molar-refractivity contribution is 8.01. The van der Waals surface area contributed by atoms with E-state index in [2.05, 4.69) is 6.58 Å². The molecule has 1 atom stereocenters. The second kappa shape index (κ2) is 4.96. The first-order valence-electron chi connectivity index (χ1n) is 6.17. The molecule has 0 bridgehead atoms. The van der Waals surface area contributed by atoms with E-state index in [4.69, 9.17) is 4.74 Å². The maximum absolute atomic E-state index is 13.3. The highest BCUT2D eigenvalue weighted by atomic mass is 32.2. The minimum absolute atomic E-state index is 0.0663. The lowest BCUT2D eigenvalue weighted by atomic mass is 10.0. The Balaban J connectivity index is 1.79. The van der Waals surface area contributed by atoms with Crippen LogP contribution in [0.15, 0.2) is 60.0 Å². The molecule has 0 fully saturated rings. The van der Waals surface area contributed by atoms with Crippen molar-refractivity contribution in [1.82, 2.24) is 0 Å². The van der Waals surface area contributed by atoms with Crippen molar-refractivity contribution in [1.29, 1.82) is 0 Å². The summed E-state index contributed by atoms with van der Waals surface area (Å²) < 4.78 is 18.9. The summed E-state index contributed by atoms with van der Waals surface area (Å²) in [6.45, 7) is 3.95. The molecule has 4 heteroatoms. The molecular formula is C16H13FO2S. The van der Waals surface area contributed by atoms with Crippen molar-refractivity contribution in [3.8, 4) is 5.75 Å². The van der Waals surface area contributed by atoms with E-state index in [1.807, 2.05) is 30.3 Å². The quantitative estimate of drug-likeness (QED) is 0.933. The van der Waals surface area contributed by atoms with Crippen LogP contribution in [-0.4, -0.2) is 16.6 Å². The highest BCUT2D eigenvalue weighted by Crippen LogP contribution is 2.50. The number of ether oxygens (including phenoxy) is 1. The fourth-order valence-corrected chi connectivity index (χ4v) is 3.24. The van der Waals surface area contributed by atoms with Gasteiger partial charge in [-0.3, -0.25) is 0 Å². The summed E-state index contributed by atoms with van der Waals surface area (Å²) in [7, 11) is 0. The van der Waals surface area contributed by atoms with Gasteiger partial charge in [-0.1, -0.05) is 36.5 Å². The average molecular weight is 288 g/mol. The van der Waals surface area contributed by atoms with Crippen LogP contribution in [0.2, 0.25) is 0 Å². The molecule has 0 radical (unpaired) electrons. The molecule has 1 aliphatic heterocycles. The molecule has 1 N–H and O–H groups in total. The summed E-state index contributed by atoms with van der Waals surface area (Å²) in [5, 5.41) is 10.6. The van der Waals surface area contributed by atoms with Crippen LogP contribution in [0.1, 0.15) is 5.56 Å². The predicted molar refractivity (Wildman–Crippen MR) is 78.2 cm³/mol. The van der Waals surface area contributed by atoms with Crippen LogP contribution in [0.4, 0.5) is 4.39 Å². The summed E-state index contributed by atoms with van der Waals surface area (Å²) in [4.78, 5) is -0.443. The zero-order chi connectivity index (χ0) is 14.2. The van der Waals surface area contributed by atoms with Crippen molar-refractivity contribution < 1.29 is 14.2 Å². The number of para-hydroxylation sites is 1. The molecule has 2 aromatic carbocycles. The predicted octanol–water partition coefficient (Wildman–Crippen LogP) is 3.71. The van der Waals surface area contributed by atoms with E-state index in [0.29, 0.717) is 16.9 Å². The van der Waals surface area contributed by atoms with Gasteiger partial charge in [-0.2, -0.15) is 0 Å². The normalized spacial score (nSPS) is 20.8. The number of thioether (sulfide) groups is 1. The van der Waals surface area contributed by atoms with Gasteiger partial charge in [0.2, 0.25) is 0 Å². The zero-order valence-corrected chi connectivity index (χ0v) is 11.5. The van der Waals surface area contributed by atoms with Crippen LogP contribution in [0, 0.1) is 5.82 Å². The van der Waals surface area contributed by atoms with E-state index in [1.165, 1.54) is 23.9 Å². The smallest absolute Gasteiger partial charge is 0.174 e. The minimum Gasteiger partial charge on any atom is -0.489 e. The van der Waals surface area contributed by atoms with Crippen LogP contribution in [-0.2, 0) is 0 Å². The van der Waals surface area contributed by atoms with Gasteiger partial charge in [-0.25, -0.2) is 4.39 Å². The average Bonchev–Trinajstić information content (AvgIpc) is 2.71. The number of benzene rings is 2. The van der Waals surface area contributed by atoms with Gasteiger partial charge in [-0.05, 0) is 41.5 Å². The maximum atomic E-state index is 13.3. The SMILES string of the molecule is C=C1c2cc(F)ccc2SC1(O)COc1ccccc1. The number of hydrogen-bond acceptors (Lipinski definition) is 3. The van der Waals surface area contributed by atoms with Crippen LogP contribution < -0.4 is 4.74 Å². The van der Waals surface area contributed by atoms with Gasteiger partial charge in [-0.15, -0.1) is 0 Å². The molecule has 0 spiro atoms. The largest absolute Gasteiger partial charge is 0.489 e. The number of fused-ring (bicyclic) bond motifs is 1. The van der Waals surface area contributed by atoms with Crippen molar-refractivity contribution in [2.75, 3.05) is 6.61 Å². The van der Waals surface area contributed by atoms with Crippen LogP contribution >= 0.6 is 11.8 Å². The number of aliphatic hydroxyl groups is 1. The third kappa shape index (κ3) is 2.32. The summed E-state index contributed by atoms with van der Waals surface area (Å²) in [6.07, 6.45) is 0. The van der Waals surface area contributed by atoms with E-state index >= 15 is 0 Å². The molecule has 1 aliphatic rings. The number of hydrogen-bond donors (Lipinski definition) is 1. The monoisotopic (exact) mass is 288 g/mol. The lowest BCUT2D eigenvalue weighted by Gasteiger charge is -2.23. The van der Waals surface area contributed by atoms with Crippen molar-refractivity contribution in [3.63, 3.8) is 0 Å². The molecule has 2 aromatic rings. The molecule has 20 heavy (non-hydrogen) atoms. The summed E-state index contributed by atoms with van der Waals surface area (Å²) in [5.74, 6) is 0.343. The second-order valence-electron chi connectivity index (χ2n) is 4.61. The van der Waals surface area contributed by atoms with Gasteiger partial charge in [0.25, 0.3) is 0 Å². The Hall–Kier alpha value is -1.78. The first-order valence-corrected chi connectivity index (χ1v) is 6.99. The number of halogens is 1. The van der Waals surface area contributed by atoms with E-state index in [0.717, 1.165) is 4.90 Å². The zero-order valence-electron chi connectivity index (χ0n) is 10.7. The van der Waals surface area contributed by atoms with Crippen LogP contribution in [0.5, 0.6) is 5.75 Å². The Bertz CT molecular complexity index is 657.